The molecule has 0 heterocycles. The van der Waals surface area contributed by atoms with Crippen LogP contribution >= 0.6 is 0 Å². The van der Waals surface area contributed by atoms with Crippen molar-refractivity contribution >= 4 is 6.08 Å². The first kappa shape index (κ1) is 11.5. The van der Waals surface area contributed by atoms with E-state index in [1.54, 1.807) is 0 Å². The highest BCUT2D eigenvalue weighted by Gasteiger charge is 2.16. The third kappa shape index (κ3) is 3.25. The summed E-state index contributed by atoms with van der Waals surface area (Å²) in [7, 11) is 0. The van der Waals surface area contributed by atoms with Crippen LogP contribution in [0.4, 0.5) is 0 Å². The predicted molar refractivity (Wildman–Crippen MR) is 64.2 cm³/mol. The summed E-state index contributed by atoms with van der Waals surface area (Å²) >= 11 is 0. The van der Waals surface area contributed by atoms with E-state index in [2.05, 4.69) is 45.9 Å². The first-order valence-electron chi connectivity index (χ1n) is 5.12. The van der Waals surface area contributed by atoms with Gasteiger partial charge in [0, 0.05) is 5.57 Å². The van der Waals surface area contributed by atoms with E-state index in [1.165, 1.54) is 5.56 Å². The van der Waals surface area contributed by atoms with Crippen LogP contribution in [0.3, 0.4) is 0 Å². The molecule has 0 saturated heterocycles. The Morgan fingerprint density at radius 2 is 1.73 bits per heavy atom. The molecule has 0 aliphatic carbocycles. The first-order chi connectivity index (χ1) is 6.93. The van der Waals surface area contributed by atoms with Crippen LogP contribution in [0.15, 0.2) is 29.8 Å². The zero-order chi connectivity index (χ0) is 11.5. The van der Waals surface area contributed by atoms with Crippen molar-refractivity contribution < 1.29 is 0 Å². The van der Waals surface area contributed by atoms with Gasteiger partial charge in [0.25, 0.3) is 0 Å². The molecule has 1 aromatic carbocycles. The highest BCUT2D eigenvalue weighted by Crippen LogP contribution is 2.26. The Labute approximate surface area is 92.1 Å². The molecule has 0 N–H and O–H groups in total. The molecule has 0 radical (unpaired) electrons. The van der Waals surface area contributed by atoms with Crippen molar-refractivity contribution in [2.45, 2.75) is 27.7 Å². The van der Waals surface area contributed by atoms with Gasteiger partial charge in [-0.1, -0.05) is 50.6 Å². The molecule has 0 unspecified atom stereocenters. The number of nitrogens with zero attached hydrogens (tertiary/aromatic N) is 1. The molecule has 1 heteroatoms. The second-order valence-corrected chi connectivity index (χ2v) is 4.83. The van der Waals surface area contributed by atoms with Crippen LogP contribution in [0.2, 0.25) is 0 Å². The highest BCUT2D eigenvalue weighted by molar-refractivity contribution is 5.58. The van der Waals surface area contributed by atoms with Gasteiger partial charge < -0.3 is 0 Å². The summed E-state index contributed by atoms with van der Waals surface area (Å²) in [5.74, 6) is 0. The average molecular weight is 199 g/mol. The summed E-state index contributed by atoms with van der Waals surface area (Å²) in [4.78, 5) is 0. The number of hydrogen-bond donors (Lipinski definition) is 0. The summed E-state index contributed by atoms with van der Waals surface area (Å²) in [6, 6.07) is 10.5. The number of nitriles is 1. The lowest BCUT2D eigenvalue weighted by atomic mass is 9.86. The SMILES string of the molecule is Cc1ccc(/C=C(\C#N)C(C)(C)C)cc1. The normalized spacial score (nSPS) is 12.3. The minimum Gasteiger partial charge on any atom is -0.193 e. The van der Waals surface area contributed by atoms with Gasteiger partial charge in [-0.15, -0.1) is 0 Å². The van der Waals surface area contributed by atoms with Crippen LogP contribution in [0, 0.1) is 23.7 Å². The molecule has 1 nitrogen and oxygen atoms in total. The van der Waals surface area contributed by atoms with Crippen molar-refractivity contribution in [2.75, 3.05) is 0 Å². The summed E-state index contributed by atoms with van der Waals surface area (Å²) in [6.07, 6.45) is 1.96. The van der Waals surface area contributed by atoms with Gasteiger partial charge in [0.15, 0.2) is 0 Å². The van der Waals surface area contributed by atoms with E-state index in [0.717, 1.165) is 11.1 Å². The van der Waals surface area contributed by atoms with Crippen LogP contribution in [0.1, 0.15) is 31.9 Å². The maximum absolute atomic E-state index is 9.06. The van der Waals surface area contributed by atoms with Crippen LogP contribution < -0.4 is 0 Å². The minimum absolute atomic E-state index is 0.0837. The maximum Gasteiger partial charge on any atom is 0.0952 e. The smallest absolute Gasteiger partial charge is 0.0952 e. The molecule has 0 saturated carbocycles. The number of rotatable bonds is 1. The van der Waals surface area contributed by atoms with Gasteiger partial charge in [-0.3, -0.25) is 0 Å². The molecular formula is C14H17N. The fourth-order valence-corrected chi connectivity index (χ4v) is 1.25. The minimum atomic E-state index is -0.0837. The average Bonchev–Trinajstić information content (AvgIpc) is 2.15. The molecule has 0 aromatic heterocycles. The monoisotopic (exact) mass is 199 g/mol. The Balaban J connectivity index is 3.06. The largest absolute Gasteiger partial charge is 0.193 e. The molecule has 0 fully saturated rings. The van der Waals surface area contributed by atoms with Gasteiger partial charge >= 0.3 is 0 Å². The van der Waals surface area contributed by atoms with E-state index in [4.69, 9.17) is 5.26 Å². The van der Waals surface area contributed by atoms with Crippen LogP contribution in [-0.2, 0) is 0 Å². The van der Waals surface area contributed by atoms with Gasteiger partial charge in [-0.05, 0) is 24.0 Å². The highest BCUT2D eigenvalue weighted by atomic mass is 14.3. The lowest BCUT2D eigenvalue weighted by molar-refractivity contribution is 0.523. The fourth-order valence-electron chi connectivity index (χ4n) is 1.25. The Morgan fingerprint density at radius 3 is 2.13 bits per heavy atom. The van der Waals surface area contributed by atoms with Crippen LogP contribution in [0.5, 0.6) is 0 Å². The molecule has 0 bridgehead atoms. The second kappa shape index (κ2) is 4.31. The van der Waals surface area contributed by atoms with Gasteiger partial charge in [-0.2, -0.15) is 5.26 Å². The Hall–Kier alpha value is -1.55. The fraction of sp³-hybridized carbons (Fsp3) is 0.357. The molecular weight excluding hydrogens is 182 g/mol. The van der Waals surface area contributed by atoms with Gasteiger partial charge in [0.2, 0.25) is 0 Å². The van der Waals surface area contributed by atoms with Crippen molar-refractivity contribution in [1.29, 1.82) is 5.26 Å². The Bertz CT molecular complexity index is 396. The molecule has 0 aliphatic rings. The zero-order valence-corrected chi connectivity index (χ0v) is 9.83. The zero-order valence-electron chi connectivity index (χ0n) is 9.83. The summed E-state index contributed by atoms with van der Waals surface area (Å²) in [5.41, 5.74) is 3.06. The van der Waals surface area contributed by atoms with Gasteiger partial charge in [-0.25, -0.2) is 0 Å². The van der Waals surface area contributed by atoms with E-state index in [0.29, 0.717) is 0 Å². The maximum atomic E-state index is 9.06. The third-order valence-corrected chi connectivity index (χ3v) is 2.32. The van der Waals surface area contributed by atoms with Gasteiger partial charge in [0.1, 0.15) is 0 Å². The molecule has 1 aromatic rings. The molecule has 0 spiro atoms. The molecule has 1 rings (SSSR count). The van der Waals surface area contributed by atoms with Crippen LogP contribution in [0.25, 0.3) is 6.08 Å². The van der Waals surface area contributed by atoms with Gasteiger partial charge in [0.05, 0.1) is 6.07 Å². The van der Waals surface area contributed by atoms with Crippen molar-refractivity contribution in [3.63, 3.8) is 0 Å². The van der Waals surface area contributed by atoms with E-state index < -0.39 is 0 Å². The molecule has 15 heavy (non-hydrogen) atoms. The summed E-state index contributed by atoms with van der Waals surface area (Å²) in [5, 5.41) is 9.06. The number of hydrogen-bond acceptors (Lipinski definition) is 1. The van der Waals surface area contributed by atoms with E-state index in [1.807, 2.05) is 18.2 Å². The molecule has 0 aliphatic heterocycles. The van der Waals surface area contributed by atoms with E-state index in [9.17, 15) is 0 Å². The standard InChI is InChI=1S/C14H17N/c1-11-5-7-12(8-6-11)9-13(10-15)14(2,3)4/h5-9H,1-4H3/b13-9+. The summed E-state index contributed by atoms with van der Waals surface area (Å²) < 4.78 is 0. The predicted octanol–water partition coefficient (Wildman–Crippen LogP) is 3.95. The third-order valence-electron chi connectivity index (χ3n) is 2.32. The first-order valence-corrected chi connectivity index (χ1v) is 5.12. The second-order valence-electron chi connectivity index (χ2n) is 4.83. The van der Waals surface area contributed by atoms with Crippen molar-refractivity contribution in [3.05, 3.63) is 41.0 Å². The number of benzene rings is 1. The van der Waals surface area contributed by atoms with E-state index in [-0.39, 0.29) is 5.41 Å². The van der Waals surface area contributed by atoms with E-state index >= 15 is 0 Å². The van der Waals surface area contributed by atoms with Crippen molar-refractivity contribution in [2.24, 2.45) is 5.41 Å². The topological polar surface area (TPSA) is 23.8 Å². The molecule has 78 valence electrons. The Morgan fingerprint density at radius 1 is 1.20 bits per heavy atom. The molecule has 0 amide bonds. The molecule has 0 atom stereocenters. The number of allylic oxidation sites excluding steroid dienone is 1. The number of aryl methyl sites for hydroxylation is 1. The van der Waals surface area contributed by atoms with Crippen LogP contribution in [-0.4, -0.2) is 0 Å². The van der Waals surface area contributed by atoms with Crippen molar-refractivity contribution in [1.82, 2.24) is 0 Å². The lowest BCUT2D eigenvalue weighted by Crippen LogP contribution is -2.07. The quantitative estimate of drug-likeness (QED) is 0.628. The lowest BCUT2D eigenvalue weighted by Gasteiger charge is -2.16. The Kier molecular flexibility index (Phi) is 3.31. The summed E-state index contributed by atoms with van der Waals surface area (Å²) in [6.45, 7) is 8.21. The van der Waals surface area contributed by atoms with Crippen molar-refractivity contribution in [3.8, 4) is 6.07 Å².